The highest BCUT2D eigenvalue weighted by molar-refractivity contribution is 7.89. The van der Waals surface area contributed by atoms with E-state index in [1.54, 1.807) is 65.8 Å². The van der Waals surface area contributed by atoms with Crippen molar-refractivity contribution in [3.63, 3.8) is 0 Å². The Balaban J connectivity index is 0.000000134. The normalized spacial score (nSPS) is 19.0. The number of sulfonamides is 1. The Labute approximate surface area is 824 Å². The van der Waals surface area contributed by atoms with Crippen LogP contribution in [-0.2, 0) is 20.5 Å². The number of hydrogen-bond donors (Lipinski definition) is 9. The molecule has 14 aromatic rings. The van der Waals surface area contributed by atoms with Gasteiger partial charge in [0.2, 0.25) is 10.0 Å². The number of benzene rings is 14. The van der Waals surface area contributed by atoms with Gasteiger partial charge in [-0.25, -0.2) is 13.1 Å². The summed E-state index contributed by atoms with van der Waals surface area (Å²) in [6.07, 6.45) is 25.8. The second kappa shape index (κ2) is 49.7. The molecule has 6 aliphatic rings. The molecule has 0 bridgehead atoms. The van der Waals surface area contributed by atoms with Gasteiger partial charge in [-0.2, -0.15) is 13.2 Å². The van der Waals surface area contributed by atoms with Crippen LogP contribution in [0.1, 0.15) is 263 Å². The molecule has 0 amide bonds. The molecule has 5 aliphatic carbocycles. The fourth-order valence-corrected chi connectivity index (χ4v) is 21.3. The summed E-state index contributed by atoms with van der Waals surface area (Å²) in [5, 5.41) is 51.3. The van der Waals surface area contributed by atoms with Gasteiger partial charge in [-0.3, -0.25) is 28.8 Å². The van der Waals surface area contributed by atoms with Crippen molar-refractivity contribution in [3.05, 3.63) is 318 Å². The summed E-state index contributed by atoms with van der Waals surface area (Å²) in [7, 11) is -6.17. The number of Topliss-reactive ketones (excluding diaryl/α,β-unsaturated/α-hetero) is 6. The van der Waals surface area contributed by atoms with Gasteiger partial charge >= 0.3 is 10.5 Å². The number of anilines is 6. The van der Waals surface area contributed by atoms with Crippen LogP contribution in [0.25, 0.3) is 64.6 Å². The summed E-state index contributed by atoms with van der Waals surface area (Å²) in [4.78, 5) is 71.5. The lowest BCUT2D eigenvalue weighted by Crippen LogP contribution is -2.48. The second-order valence-electron chi connectivity index (χ2n) is 38.3. The number of aliphatic hydroxyl groups is 2. The third-order valence-corrected chi connectivity index (χ3v) is 29.4. The standard InChI is InChI=1S/C24H26N2O3S.C24H25NO.2C18H21NO2.C18H21NO.C16H17NO.HNO2S/c1-17(27)18-11-12-20-16-21(14-13-19(20)15-18)25-23-9-5-6-10-24(23)26-30(28,29)22-7-3-2-4-8-22;1-17(26)20-7-8-22-16-24(14-11-21(22)15-20)25-23-12-9-19(10-13-23)18-5-3-2-4-6-18;2*1-12(20)13-6-7-15-11-16(9-8-14(15)10-13)19-17-4-2-3-5-18(17)21;1-13(20)14-7-8-16-12-18(10-9-15(16)11-14)19-17-5-3-2-4-6-17;1-12(18)13-4-5-15-11-16(7-6-14(15)10-13)17-8-2-3-9-17;1-4(2)3/h2-4,7-8,11-16,23-26H,5-6,9-10H2,1H3;2-8,11,14-16,19,23,25H,9-10,12-13H2,1H3;2*6-11,17-19,21H,2-5H2,1H3;7-12,17,19H,2-6H2,1H3;4-7,10-11H,2-3,8-9H2,1H3;1H. The molecular weight excluding hydrogens is 1790 g/mol. The number of nitrogens with zero attached hydrogens (tertiary/aromatic N) is 1. The SMILES string of the molecule is CC(=O)c1ccc2cc(N3CCCC3)ccc2c1.CC(=O)c1ccc2cc(NC3CCC(c4ccccc4)CC3)ccc2c1.CC(=O)c1ccc2cc(NC3CCCCC3)ccc2c1.CC(=O)c1ccc2cc(NC3CCCCC3NS(=O)(=O)c3ccccc3)ccc2c1.CC(=O)c1ccc2cc(NC3CCCCC3O)ccc2c1.CC(=O)c1ccc2cc(NC3CCCCC3O)ccc2c1.N=S(=O)=O. The van der Waals surface area contributed by atoms with E-state index in [-0.39, 0.29) is 71.1 Å². The van der Waals surface area contributed by atoms with E-state index in [9.17, 15) is 47.4 Å². The molecule has 1 aliphatic heterocycles. The van der Waals surface area contributed by atoms with Crippen molar-refractivity contribution in [2.24, 2.45) is 0 Å². The predicted molar refractivity (Wildman–Crippen MR) is 573 cm³/mol. The Hall–Kier alpha value is -13.1. The number of carbonyl (C=O) groups is 6. The Morgan fingerprint density at radius 3 is 0.907 bits per heavy atom. The van der Waals surface area contributed by atoms with Gasteiger partial charge in [-0.1, -0.05) is 216 Å². The van der Waals surface area contributed by atoms with E-state index >= 15 is 0 Å². The molecule has 20 rings (SSSR count). The molecule has 6 unspecified atom stereocenters. The zero-order valence-electron chi connectivity index (χ0n) is 81.2. The summed E-state index contributed by atoms with van der Waals surface area (Å²) in [6.45, 7) is 11.9. The first-order valence-electron chi connectivity index (χ1n) is 49.7. The molecule has 1 heterocycles. The van der Waals surface area contributed by atoms with Gasteiger partial charge in [-0.05, 0) is 329 Å². The molecule has 140 heavy (non-hydrogen) atoms. The van der Waals surface area contributed by atoms with E-state index in [1.807, 2.05) is 152 Å². The molecule has 728 valence electrons. The van der Waals surface area contributed by atoms with E-state index in [1.165, 1.54) is 122 Å². The smallest absolute Gasteiger partial charge is 0.308 e. The quantitative estimate of drug-likeness (QED) is 0.0302. The lowest BCUT2D eigenvalue weighted by atomic mass is 9.81. The summed E-state index contributed by atoms with van der Waals surface area (Å²) < 4.78 is 51.3. The van der Waals surface area contributed by atoms with E-state index in [0.717, 1.165) is 171 Å². The molecule has 0 aromatic heterocycles. The lowest BCUT2D eigenvalue weighted by molar-refractivity contribution is 0.100. The van der Waals surface area contributed by atoms with E-state index < -0.39 is 20.5 Å². The van der Waals surface area contributed by atoms with E-state index in [0.29, 0.717) is 28.5 Å². The van der Waals surface area contributed by atoms with Crippen molar-refractivity contribution in [2.45, 2.75) is 248 Å². The number of carbonyl (C=O) groups excluding carboxylic acids is 6. The highest BCUT2D eigenvalue weighted by Crippen LogP contribution is 2.37. The fraction of sp³-hybridized carbons (Fsp3) is 0.339. The first-order chi connectivity index (χ1) is 67.6. The summed E-state index contributed by atoms with van der Waals surface area (Å²) in [5.74, 6) is 1.29. The Morgan fingerprint density at radius 2 is 0.564 bits per heavy atom. The molecule has 6 fully saturated rings. The van der Waals surface area contributed by atoms with Gasteiger partial charge < -0.3 is 41.7 Å². The lowest BCUT2D eigenvalue weighted by Gasteiger charge is -2.33. The summed E-state index contributed by atoms with van der Waals surface area (Å²) in [6, 6.07) is 93.4. The monoisotopic (exact) mass is 1920 g/mol. The number of ketones is 6. The Kier molecular flexibility index (Phi) is 36.5. The van der Waals surface area contributed by atoms with Crippen molar-refractivity contribution in [3.8, 4) is 0 Å². The molecule has 1 saturated heterocycles. The Morgan fingerprint density at radius 1 is 0.293 bits per heavy atom. The van der Waals surface area contributed by atoms with Crippen LogP contribution in [0.4, 0.5) is 34.1 Å². The molecule has 6 atom stereocenters. The van der Waals surface area contributed by atoms with Crippen LogP contribution in [0.15, 0.2) is 284 Å². The molecular formula is C118H132N8O12S2. The molecule has 14 aromatic carbocycles. The van der Waals surface area contributed by atoms with Crippen LogP contribution in [0.2, 0.25) is 0 Å². The van der Waals surface area contributed by atoms with Crippen molar-refractivity contribution in [2.75, 3.05) is 44.6 Å². The minimum absolute atomic E-state index is 0.0196. The fourth-order valence-electron chi connectivity index (χ4n) is 19.9. The molecule has 5 saturated carbocycles. The maximum absolute atomic E-state index is 12.8. The number of fused-ring (bicyclic) bond motifs is 6. The van der Waals surface area contributed by atoms with Gasteiger partial charge in [0.05, 0.1) is 29.2 Å². The van der Waals surface area contributed by atoms with Gasteiger partial charge in [-0.15, -0.1) is 0 Å². The number of rotatable bonds is 21. The minimum Gasteiger partial charge on any atom is -0.391 e. The van der Waals surface area contributed by atoms with Gasteiger partial charge in [0.15, 0.2) is 34.7 Å². The first-order valence-corrected chi connectivity index (χ1v) is 52.3. The average Bonchev–Trinajstić information content (AvgIpc) is 1.54. The zero-order chi connectivity index (χ0) is 98.8. The van der Waals surface area contributed by atoms with Crippen molar-refractivity contribution in [1.82, 2.24) is 4.72 Å². The van der Waals surface area contributed by atoms with Gasteiger partial charge in [0.25, 0.3) is 0 Å². The van der Waals surface area contributed by atoms with Gasteiger partial charge in [0, 0.05) is 105 Å². The number of nitrogens with one attached hydrogen (secondary N) is 7. The third kappa shape index (κ3) is 29.3. The maximum Gasteiger partial charge on any atom is 0.308 e. The van der Waals surface area contributed by atoms with E-state index in [2.05, 4.69) is 139 Å². The predicted octanol–water partition coefficient (Wildman–Crippen LogP) is 26.5. The molecule has 0 spiro atoms. The average molecular weight is 1920 g/mol. The Bertz CT molecular complexity index is 6820. The molecule has 22 heteroatoms. The second-order valence-corrected chi connectivity index (χ2v) is 40.4. The van der Waals surface area contributed by atoms with Crippen molar-refractivity contribution >= 4 is 154 Å². The highest BCUT2D eigenvalue weighted by atomic mass is 32.2. The van der Waals surface area contributed by atoms with Crippen molar-refractivity contribution < 1.29 is 55.8 Å². The summed E-state index contributed by atoms with van der Waals surface area (Å²) in [5.41, 5.74) is 12.7. The van der Waals surface area contributed by atoms with Crippen molar-refractivity contribution in [1.29, 1.82) is 4.78 Å². The molecule has 0 radical (unpaired) electrons. The maximum atomic E-state index is 12.8. The topological polar surface area (TPSA) is 310 Å². The van der Waals surface area contributed by atoms with Crippen LogP contribution in [0.3, 0.4) is 0 Å². The third-order valence-electron chi connectivity index (χ3n) is 27.9. The first kappa shape index (κ1) is 103. The molecule has 20 nitrogen and oxygen atoms in total. The van der Waals surface area contributed by atoms with Crippen LogP contribution in [-0.4, -0.2) is 123 Å². The summed E-state index contributed by atoms with van der Waals surface area (Å²) >= 11 is 0. The van der Waals surface area contributed by atoms with Crippen LogP contribution in [0, 0.1) is 4.78 Å². The molecule has 9 N–H and O–H groups in total. The van der Waals surface area contributed by atoms with Crippen LogP contribution >= 0.6 is 0 Å². The number of hydrogen-bond acceptors (Lipinski definition) is 19. The highest BCUT2D eigenvalue weighted by Gasteiger charge is 2.31. The zero-order valence-corrected chi connectivity index (χ0v) is 82.8. The van der Waals surface area contributed by atoms with Crippen LogP contribution in [0.5, 0.6) is 0 Å². The minimum atomic E-state index is -3.55. The number of aliphatic hydroxyl groups excluding tert-OH is 2. The largest absolute Gasteiger partial charge is 0.391 e. The van der Waals surface area contributed by atoms with Gasteiger partial charge in [0.1, 0.15) is 0 Å². The van der Waals surface area contributed by atoms with Crippen LogP contribution < -0.4 is 36.2 Å². The van der Waals surface area contributed by atoms with E-state index in [4.69, 9.17) is 13.2 Å².